The highest BCUT2D eigenvalue weighted by Gasteiger charge is 2.28. The zero-order valence-corrected chi connectivity index (χ0v) is 16.7. The van der Waals surface area contributed by atoms with E-state index in [2.05, 4.69) is 15.7 Å². The van der Waals surface area contributed by atoms with Gasteiger partial charge in [0.1, 0.15) is 11.6 Å². The van der Waals surface area contributed by atoms with Crippen LogP contribution >= 0.6 is 0 Å². The van der Waals surface area contributed by atoms with Gasteiger partial charge in [0.05, 0.1) is 12.2 Å². The first-order valence-corrected chi connectivity index (χ1v) is 9.87. The zero-order chi connectivity index (χ0) is 20.8. The molecule has 2 aromatic rings. The van der Waals surface area contributed by atoms with Crippen molar-refractivity contribution in [3.8, 4) is 5.75 Å². The molecule has 1 aromatic heterocycles. The van der Waals surface area contributed by atoms with Crippen LogP contribution in [0, 0.1) is 11.7 Å². The molecule has 2 amide bonds. The van der Waals surface area contributed by atoms with E-state index in [0.717, 1.165) is 31.2 Å². The predicted octanol–water partition coefficient (Wildman–Crippen LogP) is 2.49. The molecular weight excluding hydrogens is 375 g/mol. The highest BCUT2D eigenvalue weighted by molar-refractivity contribution is 5.79. The molecule has 1 unspecified atom stereocenters. The van der Waals surface area contributed by atoms with Gasteiger partial charge in [-0.15, -0.1) is 0 Å². The number of hydrogen-bond acceptors (Lipinski definition) is 4. The second kappa shape index (κ2) is 9.54. The minimum Gasteiger partial charge on any atom is -0.484 e. The molecule has 1 aromatic carbocycles. The minimum absolute atomic E-state index is 0.0408. The van der Waals surface area contributed by atoms with Gasteiger partial charge in [0.25, 0.3) is 5.91 Å². The van der Waals surface area contributed by atoms with E-state index in [1.54, 1.807) is 10.9 Å². The number of amides is 2. The fraction of sp³-hybridized carbons (Fsp3) is 0.476. The van der Waals surface area contributed by atoms with Crippen LogP contribution in [0.2, 0.25) is 0 Å². The van der Waals surface area contributed by atoms with Gasteiger partial charge in [-0.05, 0) is 56.9 Å². The van der Waals surface area contributed by atoms with E-state index in [-0.39, 0.29) is 42.2 Å². The quantitative estimate of drug-likeness (QED) is 0.745. The van der Waals surface area contributed by atoms with Gasteiger partial charge in [-0.3, -0.25) is 14.3 Å². The first kappa shape index (κ1) is 20.8. The summed E-state index contributed by atoms with van der Waals surface area (Å²) in [5, 5.41) is 10.1. The van der Waals surface area contributed by atoms with Gasteiger partial charge in [-0.2, -0.15) is 5.10 Å². The topological polar surface area (TPSA) is 85.2 Å². The lowest BCUT2D eigenvalue weighted by molar-refractivity contribution is -0.127. The maximum atomic E-state index is 12.9. The van der Waals surface area contributed by atoms with Crippen LogP contribution in [0.15, 0.2) is 36.7 Å². The molecule has 2 N–H and O–H groups in total. The van der Waals surface area contributed by atoms with E-state index >= 15 is 0 Å². The Bertz CT molecular complexity index is 829. The summed E-state index contributed by atoms with van der Waals surface area (Å²) in [5.74, 6) is -0.113. The Morgan fingerprint density at radius 1 is 1.24 bits per heavy atom. The summed E-state index contributed by atoms with van der Waals surface area (Å²) in [4.78, 5) is 24.6. The number of nitrogens with one attached hydrogen (secondary N) is 2. The van der Waals surface area contributed by atoms with Crippen molar-refractivity contribution < 1.29 is 18.7 Å². The predicted molar refractivity (Wildman–Crippen MR) is 106 cm³/mol. The Kier molecular flexibility index (Phi) is 6.85. The summed E-state index contributed by atoms with van der Waals surface area (Å²) in [6.45, 7) is 1.83. The summed E-state index contributed by atoms with van der Waals surface area (Å²) in [7, 11) is 1.85. The van der Waals surface area contributed by atoms with Crippen LogP contribution in [0.3, 0.4) is 0 Å². The average Bonchev–Trinajstić information content (AvgIpc) is 3.14. The van der Waals surface area contributed by atoms with Gasteiger partial charge >= 0.3 is 0 Å². The minimum atomic E-state index is -0.350. The lowest BCUT2D eigenvalue weighted by Crippen LogP contribution is -2.42. The molecule has 0 bridgehead atoms. The monoisotopic (exact) mass is 402 g/mol. The van der Waals surface area contributed by atoms with E-state index in [1.807, 2.05) is 20.2 Å². The lowest BCUT2D eigenvalue weighted by atomic mass is 9.85. The molecule has 3 rings (SSSR count). The van der Waals surface area contributed by atoms with Gasteiger partial charge in [-0.1, -0.05) is 0 Å². The molecule has 0 aliphatic heterocycles. The summed E-state index contributed by atoms with van der Waals surface area (Å²) < 4.78 is 19.9. The van der Waals surface area contributed by atoms with Crippen molar-refractivity contribution in [2.75, 3.05) is 6.61 Å². The van der Waals surface area contributed by atoms with Crippen LogP contribution in [0.25, 0.3) is 0 Å². The number of hydrogen-bond donors (Lipinski definition) is 2. The van der Waals surface area contributed by atoms with E-state index < -0.39 is 0 Å². The van der Waals surface area contributed by atoms with Crippen molar-refractivity contribution in [3.05, 3.63) is 48.0 Å². The third-order valence-corrected chi connectivity index (χ3v) is 5.23. The van der Waals surface area contributed by atoms with Crippen molar-refractivity contribution in [2.45, 2.75) is 44.7 Å². The number of rotatable bonds is 7. The summed E-state index contributed by atoms with van der Waals surface area (Å²) in [6.07, 6.45) is 6.62. The Labute approximate surface area is 169 Å². The Hall–Kier alpha value is -2.90. The van der Waals surface area contributed by atoms with Gasteiger partial charge in [-0.25, -0.2) is 4.39 Å². The maximum absolute atomic E-state index is 12.9. The van der Waals surface area contributed by atoms with Gasteiger partial charge < -0.3 is 15.4 Å². The number of aromatic nitrogens is 2. The van der Waals surface area contributed by atoms with Crippen LogP contribution in [0.1, 0.15) is 44.2 Å². The molecule has 29 heavy (non-hydrogen) atoms. The number of carbonyl (C=O) groups excluding carboxylic acids is 2. The highest BCUT2D eigenvalue weighted by atomic mass is 19.1. The second-order valence-corrected chi connectivity index (χ2v) is 7.54. The van der Waals surface area contributed by atoms with Crippen molar-refractivity contribution in [2.24, 2.45) is 13.0 Å². The second-order valence-electron chi connectivity index (χ2n) is 7.54. The average molecular weight is 402 g/mol. The summed E-state index contributed by atoms with van der Waals surface area (Å²) in [5.41, 5.74) is 0.975. The van der Waals surface area contributed by atoms with E-state index in [9.17, 15) is 14.0 Å². The highest BCUT2D eigenvalue weighted by Crippen LogP contribution is 2.25. The largest absolute Gasteiger partial charge is 0.484 e. The molecule has 1 aliphatic rings. The molecule has 0 saturated heterocycles. The standard InChI is InChI=1S/C21H27FN4O3/c1-14(16-11-23-26(2)12-16)24-21(28)15-3-7-18(8-4-15)25-20(27)13-29-19-9-5-17(22)6-10-19/h5-6,9-12,14-15,18H,3-4,7-8,13H2,1-2H3,(H,24,28)(H,25,27). The first-order chi connectivity index (χ1) is 13.9. The molecule has 1 heterocycles. The smallest absolute Gasteiger partial charge is 0.258 e. The van der Waals surface area contributed by atoms with Gasteiger partial charge in [0.2, 0.25) is 5.91 Å². The SMILES string of the molecule is CC(NC(=O)C1CCC(NC(=O)COc2ccc(F)cc2)CC1)c1cnn(C)c1. The summed E-state index contributed by atoms with van der Waals surface area (Å²) in [6, 6.07) is 5.50. The van der Waals surface area contributed by atoms with Crippen LogP contribution in [-0.4, -0.2) is 34.2 Å². The first-order valence-electron chi connectivity index (χ1n) is 9.87. The molecule has 1 saturated carbocycles. The molecule has 1 atom stereocenters. The van der Waals surface area contributed by atoms with E-state index in [4.69, 9.17) is 4.74 Å². The van der Waals surface area contributed by atoms with Gasteiger partial charge in [0, 0.05) is 30.8 Å². The maximum Gasteiger partial charge on any atom is 0.258 e. The number of aryl methyl sites for hydroxylation is 1. The fourth-order valence-electron chi connectivity index (χ4n) is 3.53. The third-order valence-electron chi connectivity index (χ3n) is 5.23. The number of benzene rings is 1. The number of nitrogens with zero attached hydrogens (tertiary/aromatic N) is 2. The zero-order valence-electron chi connectivity index (χ0n) is 16.7. The molecule has 156 valence electrons. The third kappa shape index (κ3) is 6.04. The molecule has 7 nitrogen and oxygen atoms in total. The summed E-state index contributed by atoms with van der Waals surface area (Å²) >= 11 is 0. The molecule has 0 radical (unpaired) electrons. The Balaban J connectivity index is 1.37. The molecule has 8 heteroatoms. The fourth-order valence-corrected chi connectivity index (χ4v) is 3.53. The van der Waals surface area contributed by atoms with E-state index in [0.29, 0.717) is 5.75 Å². The molecule has 1 aliphatic carbocycles. The molecule has 1 fully saturated rings. The van der Waals surface area contributed by atoms with Crippen molar-refractivity contribution >= 4 is 11.8 Å². The van der Waals surface area contributed by atoms with Crippen LogP contribution in [-0.2, 0) is 16.6 Å². The lowest BCUT2D eigenvalue weighted by Gasteiger charge is -2.29. The number of halogens is 1. The van der Waals surface area contributed by atoms with Gasteiger partial charge in [0.15, 0.2) is 6.61 Å². The Morgan fingerprint density at radius 3 is 2.55 bits per heavy atom. The van der Waals surface area contributed by atoms with E-state index in [1.165, 1.54) is 24.3 Å². The number of carbonyl (C=O) groups is 2. The van der Waals surface area contributed by atoms with Crippen LogP contribution in [0.4, 0.5) is 4.39 Å². The van der Waals surface area contributed by atoms with Crippen molar-refractivity contribution in [1.82, 2.24) is 20.4 Å². The number of ether oxygens (including phenoxy) is 1. The normalized spacial score (nSPS) is 20.0. The molecule has 0 spiro atoms. The molecular formula is C21H27FN4O3. The Morgan fingerprint density at radius 2 is 1.93 bits per heavy atom. The van der Waals surface area contributed by atoms with Crippen LogP contribution in [0.5, 0.6) is 5.75 Å². The van der Waals surface area contributed by atoms with Crippen LogP contribution < -0.4 is 15.4 Å². The van der Waals surface area contributed by atoms with Crippen molar-refractivity contribution in [1.29, 1.82) is 0 Å². The van der Waals surface area contributed by atoms with Crippen molar-refractivity contribution in [3.63, 3.8) is 0 Å².